The summed E-state index contributed by atoms with van der Waals surface area (Å²) in [6, 6.07) is 8.54. The van der Waals surface area contributed by atoms with E-state index in [2.05, 4.69) is 9.44 Å². The highest BCUT2D eigenvalue weighted by atomic mass is 32.2. The summed E-state index contributed by atoms with van der Waals surface area (Å²) in [5.41, 5.74) is -1.06. The van der Waals surface area contributed by atoms with Crippen molar-refractivity contribution in [3.05, 3.63) is 54.1 Å². The molecule has 0 saturated heterocycles. The fourth-order valence-corrected chi connectivity index (χ4v) is 3.54. The lowest BCUT2D eigenvalue weighted by Gasteiger charge is -2.13. The minimum atomic E-state index is -4.58. The van der Waals surface area contributed by atoms with Crippen LogP contribution in [0.1, 0.15) is 5.56 Å². The van der Waals surface area contributed by atoms with Crippen LogP contribution in [0.25, 0.3) is 0 Å². The van der Waals surface area contributed by atoms with Gasteiger partial charge in [-0.3, -0.25) is 9.44 Å². The third-order valence-electron chi connectivity index (χ3n) is 2.96. The Labute approximate surface area is 142 Å². The molecule has 0 amide bonds. The molecule has 2 N–H and O–H groups in total. The molecule has 0 aliphatic carbocycles. The molecule has 0 atom stereocenters. The maximum Gasteiger partial charge on any atom is 0.416 e. The highest BCUT2D eigenvalue weighted by Crippen LogP contribution is 2.30. The molecule has 2 aromatic rings. The standard InChI is InChI=1S/C14H13F3N2O4S2/c1-24(20,21)18-12-4-2-3-5-13(12)19-25(22,23)11-8-6-10(7-9-11)14(15,16)17/h2-9,18-19H,1H3. The molecule has 2 aromatic carbocycles. The first-order valence-corrected chi connectivity index (χ1v) is 10.0. The molecule has 25 heavy (non-hydrogen) atoms. The van der Waals surface area contributed by atoms with E-state index in [1.54, 1.807) is 0 Å². The third kappa shape index (κ3) is 5.10. The zero-order valence-electron chi connectivity index (χ0n) is 12.7. The van der Waals surface area contributed by atoms with E-state index < -0.39 is 36.7 Å². The quantitative estimate of drug-likeness (QED) is 0.816. The number of anilines is 2. The molecule has 0 aliphatic heterocycles. The van der Waals surface area contributed by atoms with Crippen molar-refractivity contribution in [1.82, 2.24) is 0 Å². The molecule has 0 heterocycles. The van der Waals surface area contributed by atoms with Gasteiger partial charge in [-0.2, -0.15) is 13.2 Å². The molecular weight excluding hydrogens is 381 g/mol. The maximum atomic E-state index is 12.5. The van der Waals surface area contributed by atoms with E-state index in [0.717, 1.165) is 18.4 Å². The Bertz CT molecular complexity index is 970. The van der Waals surface area contributed by atoms with Crippen molar-refractivity contribution in [2.45, 2.75) is 11.1 Å². The molecule has 0 fully saturated rings. The monoisotopic (exact) mass is 394 g/mol. The molecule has 136 valence electrons. The molecule has 0 unspecified atom stereocenters. The zero-order chi connectivity index (χ0) is 18.9. The summed E-state index contributed by atoms with van der Waals surface area (Å²) in [6.45, 7) is 0. The molecule has 0 saturated carbocycles. The second-order valence-electron chi connectivity index (χ2n) is 5.05. The first-order valence-electron chi connectivity index (χ1n) is 6.65. The van der Waals surface area contributed by atoms with E-state index in [0.29, 0.717) is 12.1 Å². The van der Waals surface area contributed by atoms with Crippen molar-refractivity contribution < 1.29 is 30.0 Å². The van der Waals surface area contributed by atoms with Crippen LogP contribution in [0.15, 0.2) is 53.4 Å². The van der Waals surface area contributed by atoms with Gasteiger partial charge in [0.2, 0.25) is 10.0 Å². The van der Waals surface area contributed by atoms with Gasteiger partial charge in [0.1, 0.15) is 0 Å². The van der Waals surface area contributed by atoms with Gasteiger partial charge in [-0.15, -0.1) is 0 Å². The van der Waals surface area contributed by atoms with Crippen LogP contribution in [0.2, 0.25) is 0 Å². The molecule has 11 heteroatoms. The number of halogens is 3. The summed E-state index contributed by atoms with van der Waals surface area (Å²) in [7, 11) is -7.86. The van der Waals surface area contributed by atoms with Crippen LogP contribution in [-0.2, 0) is 26.2 Å². The van der Waals surface area contributed by atoms with Crippen molar-refractivity contribution in [2.24, 2.45) is 0 Å². The van der Waals surface area contributed by atoms with E-state index >= 15 is 0 Å². The van der Waals surface area contributed by atoms with E-state index in [-0.39, 0.29) is 11.4 Å². The molecule has 0 aromatic heterocycles. The van der Waals surface area contributed by atoms with Crippen LogP contribution in [0.5, 0.6) is 0 Å². The Morgan fingerprint density at radius 3 is 1.72 bits per heavy atom. The van der Waals surface area contributed by atoms with Gasteiger partial charge >= 0.3 is 6.18 Å². The maximum absolute atomic E-state index is 12.5. The first kappa shape index (κ1) is 19.1. The van der Waals surface area contributed by atoms with Crippen molar-refractivity contribution in [1.29, 1.82) is 0 Å². The average molecular weight is 394 g/mol. The molecular formula is C14H13F3N2O4S2. The molecule has 0 aliphatic rings. The summed E-state index contributed by atoms with van der Waals surface area (Å²) in [6.07, 6.45) is -3.68. The summed E-state index contributed by atoms with van der Waals surface area (Å²) >= 11 is 0. The largest absolute Gasteiger partial charge is 0.416 e. The van der Waals surface area contributed by atoms with Crippen LogP contribution in [-0.4, -0.2) is 23.1 Å². The second-order valence-corrected chi connectivity index (χ2v) is 8.48. The van der Waals surface area contributed by atoms with Crippen molar-refractivity contribution in [3.63, 3.8) is 0 Å². The Morgan fingerprint density at radius 1 is 0.800 bits per heavy atom. The first-order chi connectivity index (χ1) is 11.4. The van der Waals surface area contributed by atoms with Crippen LogP contribution >= 0.6 is 0 Å². The van der Waals surface area contributed by atoms with Crippen LogP contribution in [0.4, 0.5) is 24.5 Å². The van der Waals surface area contributed by atoms with Crippen LogP contribution < -0.4 is 9.44 Å². The lowest BCUT2D eigenvalue weighted by atomic mass is 10.2. The Morgan fingerprint density at radius 2 is 1.28 bits per heavy atom. The number of nitrogens with one attached hydrogen (secondary N) is 2. The summed E-state index contributed by atoms with van der Waals surface area (Å²) in [5, 5.41) is 0. The average Bonchev–Trinajstić information content (AvgIpc) is 2.47. The number of sulfonamides is 2. The van der Waals surface area contributed by atoms with Crippen LogP contribution in [0.3, 0.4) is 0 Å². The fourth-order valence-electron chi connectivity index (χ4n) is 1.89. The van der Waals surface area contributed by atoms with Gasteiger partial charge in [-0.25, -0.2) is 16.8 Å². The van der Waals surface area contributed by atoms with E-state index in [1.807, 2.05) is 0 Å². The topological polar surface area (TPSA) is 92.3 Å². The SMILES string of the molecule is CS(=O)(=O)Nc1ccccc1NS(=O)(=O)c1ccc(C(F)(F)F)cc1. The number of rotatable bonds is 5. The molecule has 2 rings (SSSR count). The molecule has 0 bridgehead atoms. The number of alkyl halides is 3. The van der Waals surface area contributed by atoms with Gasteiger partial charge in [0.15, 0.2) is 0 Å². The summed E-state index contributed by atoms with van der Waals surface area (Å²) in [5.74, 6) is 0. The van der Waals surface area contributed by atoms with E-state index in [4.69, 9.17) is 0 Å². The van der Waals surface area contributed by atoms with Gasteiger partial charge in [0.05, 0.1) is 28.1 Å². The van der Waals surface area contributed by atoms with E-state index in [1.165, 1.54) is 24.3 Å². The van der Waals surface area contributed by atoms with Crippen molar-refractivity contribution in [2.75, 3.05) is 15.7 Å². The number of benzene rings is 2. The zero-order valence-corrected chi connectivity index (χ0v) is 14.3. The smallest absolute Gasteiger partial charge is 0.282 e. The highest BCUT2D eigenvalue weighted by molar-refractivity contribution is 7.93. The Balaban J connectivity index is 2.34. The second kappa shape index (κ2) is 6.56. The number of hydrogen-bond acceptors (Lipinski definition) is 4. The minimum Gasteiger partial charge on any atom is -0.282 e. The van der Waals surface area contributed by atoms with Gasteiger partial charge in [-0.1, -0.05) is 12.1 Å². The molecule has 0 radical (unpaired) electrons. The van der Waals surface area contributed by atoms with Gasteiger partial charge in [-0.05, 0) is 36.4 Å². The number of para-hydroxylation sites is 2. The predicted octanol–water partition coefficient (Wildman–Crippen LogP) is 2.88. The lowest BCUT2D eigenvalue weighted by Crippen LogP contribution is -2.16. The normalized spacial score (nSPS) is 12.6. The van der Waals surface area contributed by atoms with Crippen LogP contribution in [0, 0.1) is 0 Å². The molecule has 0 spiro atoms. The van der Waals surface area contributed by atoms with Crippen molar-refractivity contribution >= 4 is 31.4 Å². The fraction of sp³-hybridized carbons (Fsp3) is 0.143. The number of hydrogen-bond donors (Lipinski definition) is 2. The van der Waals surface area contributed by atoms with Gasteiger partial charge < -0.3 is 0 Å². The Hall–Kier alpha value is -2.27. The van der Waals surface area contributed by atoms with Crippen molar-refractivity contribution in [3.8, 4) is 0 Å². The lowest BCUT2D eigenvalue weighted by molar-refractivity contribution is -0.137. The molecule has 6 nitrogen and oxygen atoms in total. The minimum absolute atomic E-state index is 0.0134. The summed E-state index contributed by atoms with van der Waals surface area (Å²) in [4.78, 5) is -0.394. The highest BCUT2D eigenvalue weighted by Gasteiger charge is 2.30. The van der Waals surface area contributed by atoms with Gasteiger partial charge in [0, 0.05) is 0 Å². The third-order valence-corrected chi connectivity index (χ3v) is 4.93. The summed E-state index contributed by atoms with van der Waals surface area (Å²) < 4.78 is 89.2. The van der Waals surface area contributed by atoms with Gasteiger partial charge in [0.25, 0.3) is 10.0 Å². The van der Waals surface area contributed by atoms with E-state index in [9.17, 15) is 30.0 Å². The Kier molecular flexibility index (Phi) is 5.00. The predicted molar refractivity (Wildman–Crippen MR) is 87.2 cm³/mol.